The van der Waals surface area contributed by atoms with Gasteiger partial charge in [0, 0.05) is 13.0 Å². The van der Waals surface area contributed by atoms with E-state index in [9.17, 15) is 4.79 Å². The molecule has 0 aliphatic carbocycles. The Labute approximate surface area is 125 Å². The zero-order chi connectivity index (χ0) is 15.1. The highest BCUT2D eigenvalue weighted by Gasteiger charge is 2.13. The zero-order valence-electron chi connectivity index (χ0n) is 12.6. The van der Waals surface area contributed by atoms with E-state index in [1.54, 1.807) is 0 Å². The van der Waals surface area contributed by atoms with E-state index in [0.29, 0.717) is 25.4 Å². The summed E-state index contributed by atoms with van der Waals surface area (Å²) in [6.07, 6.45) is 3.53. The minimum absolute atomic E-state index is 0.0862. The topological polar surface area (TPSA) is 73.6 Å². The lowest BCUT2D eigenvalue weighted by Gasteiger charge is -2.13. The van der Waals surface area contributed by atoms with Crippen molar-refractivity contribution < 1.29 is 14.3 Å². The normalized spacial score (nSPS) is 14.0. The molecule has 2 rings (SSSR count). The van der Waals surface area contributed by atoms with E-state index >= 15 is 0 Å². The minimum Gasteiger partial charge on any atom is -0.454 e. The second kappa shape index (κ2) is 7.88. The van der Waals surface area contributed by atoms with Gasteiger partial charge in [0.15, 0.2) is 11.5 Å². The van der Waals surface area contributed by atoms with Crippen molar-refractivity contribution >= 4 is 5.91 Å². The molecule has 1 heterocycles. The molecule has 1 unspecified atom stereocenters. The average molecular weight is 292 g/mol. The van der Waals surface area contributed by atoms with Gasteiger partial charge in [-0.1, -0.05) is 19.4 Å². The fourth-order valence-electron chi connectivity index (χ4n) is 2.46. The van der Waals surface area contributed by atoms with Crippen molar-refractivity contribution in [1.29, 1.82) is 0 Å². The van der Waals surface area contributed by atoms with Crippen LogP contribution >= 0.6 is 0 Å². The monoisotopic (exact) mass is 292 g/mol. The summed E-state index contributed by atoms with van der Waals surface area (Å²) in [5.74, 6) is 2.14. The molecule has 1 aliphatic rings. The highest BCUT2D eigenvalue weighted by atomic mass is 16.7. The Morgan fingerprint density at radius 2 is 2.14 bits per heavy atom. The summed E-state index contributed by atoms with van der Waals surface area (Å²) in [4.78, 5) is 11.9. The Hall–Kier alpha value is -1.75. The van der Waals surface area contributed by atoms with Crippen molar-refractivity contribution in [3.8, 4) is 11.5 Å². The molecular formula is C16H24N2O3. The van der Waals surface area contributed by atoms with Crippen LogP contribution in [-0.2, 0) is 11.3 Å². The Morgan fingerprint density at radius 3 is 2.90 bits per heavy atom. The third kappa shape index (κ3) is 4.63. The lowest BCUT2D eigenvalue weighted by atomic mass is 9.96. The van der Waals surface area contributed by atoms with Crippen molar-refractivity contribution in [2.24, 2.45) is 11.7 Å². The molecule has 0 saturated carbocycles. The number of rotatable bonds is 8. The van der Waals surface area contributed by atoms with Crippen LogP contribution in [0.3, 0.4) is 0 Å². The van der Waals surface area contributed by atoms with Gasteiger partial charge in [0.2, 0.25) is 12.7 Å². The van der Waals surface area contributed by atoms with Crippen LogP contribution in [0, 0.1) is 5.92 Å². The molecular weight excluding hydrogens is 268 g/mol. The van der Waals surface area contributed by atoms with Gasteiger partial charge in [-0.2, -0.15) is 0 Å². The summed E-state index contributed by atoms with van der Waals surface area (Å²) in [6, 6.07) is 5.72. The van der Waals surface area contributed by atoms with Gasteiger partial charge in [0.25, 0.3) is 0 Å². The molecule has 1 aromatic carbocycles. The number of hydrogen-bond donors (Lipinski definition) is 2. The first-order valence-corrected chi connectivity index (χ1v) is 7.58. The van der Waals surface area contributed by atoms with E-state index in [2.05, 4.69) is 12.2 Å². The van der Waals surface area contributed by atoms with Crippen molar-refractivity contribution in [3.05, 3.63) is 23.8 Å². The molecule has 1 aromatic rings. The first-order valence-electron chi connectivity index (χ1n) is 7.58. The van der Waals surface area contributed by atoms with Crippen molar-refractivity contribution in [2.75, 3.05) is 13.3 Å². The number of hydrogen-bond acceptors (Lipinski definition) is 4. The maximum Gasteiger partial charge on any atom is 0.231 e. The molecule has 0 radical (unpaired) electrons. The third-order valence-corrected chi connectivity index (χ3v) is 3.86. The average Bonchev–Trinajstić information content (AvgIpc) is 2.96. The summed E-state index contributed by atoms with van der Waals surface area (Å²) in [5, 5.41) is 2.95. The van der Waals surface area contributed by atoms with Crippen LogP contribution in [0.25, 0.3) is 0 Å². The van der Waals surface area contributed by atoms with E-state index in [1.165, 1.54) is 0 Å². The number of carbonyl (C=O) groups is 1. The zero-order valence-corrected chi connectivity index (χ0v) is 12.6. The standard InChI is InChI=1S/C16H24N2O3/c1-2-12(7-8-17)4-6-16(19)18-10-13-3-5-14-15(9-13)21-11-20-14/h3,5,9,12H,2,4,6-8,10-11,17H2,1H3,(H,18,19). The third-order valence-electron chi connectivity index (χ3n) is 3.86. The molecule has 0 saturated heterocycles. The predicted molar refractivity (Wildman–Crippen MR) is 81.1 cm³/mol. The van der Waals surface area contributed by atoms with E-state index in [1.807, 2.05) is 18.2 Å². The van der Waals surface area contributed by atoms with Gasteiger partial charge < -0.3 is 20.5 Å². The van der Waals surface area contributed by atoms with Crippen LogP contribution in [0.5, 0.6) is 11.5 Å². The number of carbonyl (C=O) groups excluding carboxylic acids is 1. The first kappa shape index (κ1) is 15.6. The summed E-state index contributed by atoms with van der Waals surface area (Å²) >= 11 is 0. The van der Waals surface area contributed by atoms with E-state index in [0.717, 1.165) is 36.3 Å². The van der Waals surface area contributed by atoms with Crippen LogP contribution < -0.4 is 20.5 Å². The van der Waals surface area contributed by atoms with Gasteiger partial charge in [-0.05, 0) is 43.0 Å². The van der Waals surface area contributed by atoms with E-state index in [-0.39, 0.29) is 12.7 Å². The van der Waals surface area contributed by atoms with Gasteiger partial charge in [0.1, 0.15) is 0 Å². The lowest BCUT2D eigenvalue weighted by Crippen LogP contribution is -2.23. The number of nitrogens with two attached hydrogens (primary N) is 1. The van der Waals surface area contributed by atoms with E-state index < -0.39 is 0 Å². The molecule has 5 heteroatoms. The second-order valence-electron chi connectivity index (χ2n) is 5.35. The summed E-state index contributed by atoms with van der Waals surface area (Å²) in [7, 11) is 0. The molecule has 0 fully saturated rings. The minimum atomic E-state index is 0.0862. The fourth-order valence-corrected chi connectivity index (χ4v) is 2.46. The number of benzene rings is 1. The summed E-state index contributed by atoms with van der Waals surface area (Å²) < 4.78 is 10.6. The van der Waals surface area contributed by atoms with Gasteiger partial charge in [0.05, 0.1) is 0 Å². The first-order chi connectivity index (χ1) is 10.2. The van der Waals surface area contributed by atoms with Crippen molar-refractivity contribution in [1.82, 2.24) is 5.32 Å². The largest absolute Gasteiger partial charge is 0.454 e. The molecule has 0 aromatic heterocycles. The Bertz CT molecular complexity index is 477. The maximum absolute atomic E-state index is 11.9. The quantitative estimate of drug-likeness (QED) is 0.770. The molecule has 116 valence electrons. The molecule has 21 heavy (non-hydrogen) atoms. The number of ether oxygens (including phenoxy) is 2. The van der Waals surface area contributed by atoms with Crippen molar-refractivity contribution in [2.45, 2.75) is 39.2 Å². The van der Waals surface area contributed by atoms with Gasteiger partial charge in [-0.15, -0.1) is 0 Å². The molecule has 1 aliphatic heterocycles. The van der Waals surface area contributed by atoms with Gasteiger partial charge in [-0.25, -0.2) is 0 Å². The molecule has 0 spiro atoms. The summed E-state index contributed by atoms with van der Waals surface area (Å²) in [5.41, 5.74) is 6.58. The molecule has 1 atom stereocenters. The van der Waals surface area contributed by atoms with E-state index in [4.69, 9.17) is 15.2 Å². The Balaban J connectivity index is 1.73. The molecule has 1 amide bonds. The number of nitrogens with one attached hydrogen (secondary N) is 1. The van der Waals surface area contributed by atoms with Crippen LogP contribution in [0.4, 0.5) is 0 Å². The van der Waals surface area contributed by atoms with Crippen LogP contribution in [0.1, 0.15) is 38.2 Å². The number of amides is 1. The highest BCUT2D eigenvalue weighted by molar-refractivity contribution is 5.75. The molecule has 3 N–H and O–H groups in total. The Kier molecular flexibility index (Phi) is 5.87. The molecule has 0 bridgehead atoms. The second-order valence-corrected chi connectivity index (χ2v) is 5.35. The lowest BCUT2D eigenvalue weighted by molar-refractivity contribution is -0.121. The van der Waals surface area contributed by atoms with Gasteiger partial charge in [-0.3, -0.25) is 4.79 Å². The SMILES string of the molecule is CCC(CCN)CCC(=O)NCc1ccc2c(c1)OCO2. The molecule has 5 nitrogen and oxygen atoms in total. The predicted octanol–water partition coefficient (Wildman–Crippen LogP) is 2.19. The summed E-state index contributed by atoms with van der Waals surface area (Å²) in [6.45, 7) is 3.62. The smallest absolute Gasteiger partial charge is 0.231 e. The Morgan fingerprint density at radius 1 is 1.33 bits per heavy atom. The number of fused-ring (bicyclic) bond motifs is 1. The van der Waals surface area contributed by atoms with Crippen LogP contribution in [0.2, 0.25) is 0 Å². The fraction of sp³-hybridized carbons (Fsp3) is 0.562. The maximum atomic E-state index is 11.9. The van der Waals surface area contributed by atoms with Crippen LogP contribution in [0.15, 0.2) is 18.2 Å². The van der Waals surface area contributed by atoms with Crippen molar-refractivity contribution in [3.63, 3.8) is 0 Å². The van der Waals surface area contributed by atoms with Crippen LogP contribution in [-0.4, -0.2) is 19.2 Å². The highest BCUT2D eigenvalue weighted by Crippen LogP contribution is 2.32. The van der Waals surface area contributed by atoms with Gasteiger partial charge >= 0.3 is 0 Å².